The molecule has 0 atom stereocenters. The second-order valence-corrected chi connectivity index (χ2v) is 38.4. The minimum atomic E-state index is -10.7. The molecule has 0 saturated carbocycles. The molecule has 2 N–H and O–H groups in total. The van der Waals surface area contributed by atoms with Crippen LogP contribution in [0.5, 0.6) is 0 Å². The molecule has 0 aliphatic rings. The van der Waals surface area contributed by atoms with Crippen LogP contribution in [0.15, 0.2) is 340 Å². The van der Waals surface area contributed by atoms with Gasteiger partial charge in [0.05, 0.1) is 22.1 Å². The first kappa shape index (κ1) is 92.7. The Labute approximate surface area is 660 Å². The van der Waals surface area contributed by atoms with Gasteiger partial charge in [0.15, 0.2) is 23.5 Å². The molecule has 14 aromatic rings. The largest absolute Gasteiger partial charge is 1.00 e. The number of aromatic nitrogens is 6. The Bertz CT molecular complexity index is 4100. The zero-order valence-electron chi connectivity index (χ0n) is 60.2. The summed E-state index contributed by atoms with van der Waals surface area (Å²) in [7, 11) is -24.7. The van der Waals surface area contributed by atoms with Crippen molar-refractivity contribution in [1.29, 1.82) is 0 Å². The molecule has 0 bridgehead atoms. The van der Waals surface area contributed by atoms with E-state index in [0.29, 0.717) is 0 Å². The fraction of sp³-hybridized carbons (Fsp3) is 0.122. The van der Waals surface area contributed by atoms with Crippen LogP contribution in [-0.2, 0) is 43.6 Å². The Kier molecular flexibility index (Phi) is 36.9. The summed E-state index contributed by atoms with van der Waals surface area (Å²) in [6, 6.07) is 116. The van der Waals surface area contributed by atoms with Crippen molar-refractivity contribution < 1.29 is 94.0 Å². The molecule has 28 heteroatoms. The summed E-state index contributed by atoms with van der Waals surface area (Å²) >= 11 is 0. The van der Waals surface area contributed by atoms with E-state index in [1.54, 1.807) is 12.4 Å². The molecule has 4 heterocycles. The van der Waals surface area contributed by atoms with E-state index in [1.807, 2.05) is 113 Å². The van der Waals surface area contributed by atoms with Crippen LogP contribution in [-0.4, -0.2) is 68.1 Å². The summed E-state index contributed by atoms with van der Waals surface area (Å²) in [6.07, 6.45) is 3.53. The second kappa shape index (κ2) is 43.8. The van der Waals surface area contributed by atoms with Gasteiger partial charge in [-0.1, -0.05) is 182 Å². The number of nitrogens with zero attached hydrogens (tertiary/aromatic N) is 4. The van der Waals surface area contributed by atoms with Crippen molar-refractivity contribution in [3.8, 4) is 23.0 Å². The first-order valence-electron chi connectivity index (χ1n) is 34.3. The summed E-state index contributed by atoms with van der Waals surface area (Å²) < 4.78 is 128. The molecule has 0 amide bonds. The van der Waals surface area contributed by atoms with Crippen molar-refractivity contribution in [2.45, 2.75) is 27.7 Å². The predicted octanol–water partition coefficient (Wildman–Crippen LogP) is 23.4. The third kappa shape index (κ3) is 37.4. The summed E-state index contributed by atoms with van der Waals surface area (Å²) in [6.45, 7) is 11.3. The minimum absolute atomic E-state index is 0. The maximum Gasteiger partial charge on any atom is 1.00 e. The number of hydrogen-bond acceptors (Lipinski definition) is 6. The number of pyridine rings is 2. The normalized spacial score (nSPS) is 12.0. The smallest absolute Gasteiger partial charge is 0.337 e. The molecule has 0 aliphatic heterocycles. The average molecular weight is 1730 g/mol. The van der Waals surface area contributed by atoms with Crippen molar-refractivity contribution in [2.75, 3.05) is 38.2 Å². The van der Waals surface area contributed by atoms with Gasteiger partial charge in [-0.05, 0) is 173 Å². The van der Waals surface area contributed by atoms with Crippen LogP contribution in [0.2, 0.25) is 0 Å². The van der Waals surface area contributed by atoms with E-state index < -0.39 is 47.3 Å². The van der Waals surface area contributed by atoms with Crippen molar-refractivity contribution in [2.24, 2.45) is 0 Å². The quantitative estimate of drug-likeness (QED) is 0.0504. The third-order valence-corrected chi connectivity index (χ3v) is 29.0. The topological polar surface area (TPSA) is 102 Å². The molecule has 0 unspecified atom stereocenters. The van der Waals surface area contributed by atoms with Crippen molar-refractivity contribution in [1.82, 2.24) is 29.9 Å². The van der Waals surface area contributed by atoms with Crippen molar-refractivity contribution >= 4 is 112 Å². The number of halogens is 12. The van der Waals surface area contributed by atoms with E-state index in [-0.39, 0.29) is 34.1 Å². The van der Waals surface area contributed by atoms with E-state index in [0.717, 1.165) is 71.5 Å². The van der Waals surface area contributed by atoms with Gasteiger partial charge in [-0.2, -0.15) is 0 Å². The van der Waals surface area contributed by atoms with E-state index in [2.05, 4.69) is 273 Å². The number of fused-ring (bicyclic) bond motifs is 2. The monoisotopic (exact) mass is 1730 g/mol. The molecule has 10 aromatic carbocycles. The van der Waals surface area contributed by atoms with Gasteiger partial charge in [0.2, 0.25) is 0 Å². The first-order valence-corrected chi connectivity index (χ1v) is 45.2. The molecule has 8 nitrogen and oxygen atoms in total. The van der Waals surface area contributed by atoms with Crippen LogP contribution in [0, 0.1) is 0 Å². The number of rotatable bonds is 18. The standard InChI is InChI=1S/2C25H22P2.2C12H9N3.2C4H10O.2Cu.2F6P/c2*1-5-13-22(14-6-1)26(23-15-7-2-8-16-23)21-27(24-17-9-3-10-18-24)25-19-11-4-12-20-25;2*1-2-6-10-9(5-1)14-12(15-10)11-7-3-4-8-13-11;2*1-3-5-4-2;;;2*1-7(2,3,4,5)6/h2*1-20H,21H2;2*1-8H,(H,14,15);2*3-4H2,1-2H3;;;;/q;;;;;;2*+1;2*-1/p+4. The van der Waals surface area contributed by atoms with Gasteiger partial charge in [0.1, 0.15) is 85.5 Å². The Hall–Kier alpha value is -7.86. The second-order valence-electron chi connectivity index (χ2n) is 23.3. The number of nitrogens with one attached hydrogen (secondary N) is 2. The van der Waals surface area contributed by atoms with E-state index in [4.69, 9.17) is 9.47 Å². The van der Waals surface area contributed by atoms with E-state index >= 15 is 0 Å². The van der Waals surface area contributed by atoms with Crippen LogP contribution in [0.4, 0.5) is 50.4 Å². The van der Waals surface area contributed by atoms with Gasteiger partial charge in [0, 0.05) is 38.8 Å². The Morgan fingerprint density at radius 1 is 0.264 bits per heavy atom. The predicted molar refractivity (Wildman–Crippen MR) is 442 cm³/mol. The van der Waals surface area contributed by atoms with Crippen LogP contribution < -0.4 is 42.4 Å². The number of aromatic amines is 2. The number of imidazole rings is 2. The molecule has 0 radical (unpaired) electrons. The first-order chi connectivity index (χ1) is 51.4. The van der Waals surface area contributed by atoms with Crippen LogP contribution in [0.25, 0.3) is 45.1 Å². The van der Waals surface area contributed by atoms with Gasteiger partial charge in [-0.25, -0.2) is 9.97 Å². The Morgan fingerprint density at radius 3 is 0.609 bits per heavy atom. The molecule has 0 spiro atoms. The number of benzene rings is 10. The minimum Gasteiger partial charge on any atom is -0.337 e. The molecule has 0 fully saturated rings. The number of para-hydroxylation sites is 4. The van der Waals surface area contributed by atoms with Crippen LogP contribution in [0.1, 0.15) is 27.7 Å². The van der Waals surface area contributed by atoms with Crippen molar-refractivity contribution in [3.05, 3.63) is 340 Å². The van der Waals surface area contributed by atoms with Gasteiger partial charge >= 0.3 is 100 Å². The maximum atomic E-state index is 9.87. The third-order valence-electron chi connectivity index (χ3n) is 15.1. The molecular weight excluding hydrogens is 1640 g/mol. The molecule has 4 aromatic heterocycles. The fourth-order valence-electron chi connectivity index (χ4n) is 10.5. The summed E-state index contributed by atoms with van der Waals surface area (Å²) in [5.41, 5.74) is 5.76. The van der Waals surface area contributed by atoms with Crippen molar-refractivity contribution in [3.63, 3.8) is 0 Å². The van der Waals surface area contributed by atoms with Gasteiger partial charge in [-0.15, -0.1) is 0 Å². The van der Waals surface area contributed by atoms with Gasteiger partial charge in [0.25, 0.3) is 0 Å². The average Bonchev–Trinajstić information content (AvgIpc) is 1.09. The summed E-state index contributed by atoms with van der Waals surface area (Å²) in [4.78, 5) is 23.9. The Balaban J connectivity index is 0.000000242. The SMILES string of the molecule is CCOCC.CCOCC.F[P-](F)(F)(F)(F)F.F[P-](F)(F)(F)(F)F.[Cu+].[Cu+].c1ccc(-c2nc3ccccc3[nH]2)nc1.c1ccc(-c2nc3ccccc3[nH]2)nc1.c1ccc([PH+](C[PH+](c2ccccc2)c2ccccc2)c2ccccc2)cc1.c1ccc([PH+](C[PH+](c2ccccc2)c2ccccc2)c2ccccc2)cc1. The molecule has 14 rings (SSSR count). The number of H-pyrrole nitrogens is 2. The molecule has 0 aliphatic carbocycles. The maximum absolute atomic E-state index is 10.7. The molecule has 588 valence electrons. The number of ether oxygens (including phenoxy) is 2. The van der Waals surface area contributed by atoms with Crippen LogP contribution >= 0.6 is 47.3 Å². The fourth-order valence-corrected chi connectivity index (χ4v) is 26.0. The van der Waals surface area contributed by atoms with Gasteiger partial charge in [-0.3, -0.25) is 9.97 Å². The van der Waals surface area contributed by atoms with Gasteiger partial charge < -0.3 is 19.4 Å². The van der Waals surface area contributed by atoms with E-state index in [1.165, 1.54) is 54.2 Å². The van der Waals surface area contributed by atoms with E-state index in [9.17, 15) is 50.4 Å². The zero-order chi connectivity index (χ0) is 77.9. The summed E-state index contributed by atoms with van der Waals surface area (Å²) in [5.74, 6) is 4.13. The summed E-state index contributed by atoms with van der Waals surface area (Å²) in [5, 5.41) is 12.0. The number of hydrogen-bond donors (Lipinski definition) is 2. The Morgan fingerprint density at radius 2 is 0.445 bits per heavy atom. The molecule has 0 saturated heterocycles. The zero-order valence-corrected chi connectivity index (χ0v) is 67.9. The molecular formula is C82H86Cu2F12N6O2P6+4. The molecule has 110 heavy (non-hydrogen) atoms. The van der Waals surface area contributed by atoms with Crippen LogP contribution in [0.3, 0.4) is 0 Å².